The number of benzene rings is 1. The number of thioether (sulfide) groups is 1. The van der Waals surface area contributed by atoms with Crippen LogP contribution in [-0.2, 0) is 14.4 Å². The molecule has 1 aromatic rings. The quantitative estimate of drug-likeness (QED) is 0.336. The van der Waals surface area contributed by atoms with Crippen LogP contribution in [0.4, 0.5) is 11.4 Å². The minimum Gasteiger partial charge on any atom is -0.395 e. The summed E-state index contributed by atoms with van der Waals surface area (Å²) < 4.78 is -0.735. The van der Waals surface area contributed by atoms with Gasteiger partial charge in [-0.3, -0.25) is 14.4 Å². The number of fused-ring (bicyclic) bond motifs is 1. The summed E-state index contributed by atoms with van der Waals surface area (Å²) in [6.07, 6.45) is 5.01. The van der Waals surface area contributed by atoms with Crippen LogP contribution in [0.15, 0.2) is 49.6 Å². The first-order chi connectivity index (χ1) is 19.7. The van der Waals surface area contributed by atoms with Crippen LogP contribution in [0.1, 0.15) is 40.5 Å². The number of amides is 3. The topological polar surface area (TPSA) is 84.4 Å². The first kappa shape index (κ1) is 31.2. The third kappa shape index (κ3) is 5.20. The van der Waals surface area contributed by atoms with Gasteiger partial charge in [0.15, 0.2) is 0 Å². The summed E-state index contributed by atoms with van der Waals surface area (Å²) >= 11 is 1.66. The van der Waals surface area contributed by atoms with E-state index in [1.807, 2.05) is 31.2 Å². The van der Waals surface area contributed by atoms with Crippen molar-refractivity contribution in [2.75, 3.05) is 55.7 Å². The third-order valence-electron chi connectivity index (χ3n) is 9.13. The van der Waals surface area contributed by atoms with Gasteiger partial charge in [0.25, 0.3) is 5.91 Å². The molecule has 3 heterocycles. The molecule has 9 heteroatoms. The Hall–Kier alpha value is -2.78. The molecule has 6 atom stereocenters. The zero-order valence-corrected chi connectivity index (χ0v) is 25.8. The molecule has 3 aliphatic heterocycles. The Labute approximate surface area is 249 Å². The highest BCUT2D eigenvalue weighted by Gasteiger charge is 2.76. The Kier molecular flexibility index (Phi) is 9.90. The van der Waals surface area contributed by atoms with Gasteiger partial charge in [0.1, 0.15) is 6.04 Å². The first-order valence-corrected chi connectivity index (χ1v) is 15.9. The Bertz CT molecular complexity index is 1140. The lowest BCUT2D eigenvalue weighted by atomic mass is 9.65. The predicted octanol–water partition coefficient (Wildman–Crippen LogP) is 3.81. The second-order valence-corrected chi connectivity index (χ2v) is 12.9. The van der Waals surface area contributed by atoms with Crippen molar-refractivity contribution < 1.29 is 19.5 Å². The van der Waals surface area contributed by atoms with Gasteiger partial charge >= 0.3 is 0 Å². The van der Waals surface area contributed by atoms with E-state index in [0.717, 1.165) is 37.3 Å². The molecule has 1 aromatic carbocycles. The molecular weight excluding hydrogens is 536 g/mol. The van der Waals surface area contributed by atoms with Crippen molar-refractivity contribution >= 4 is 40.9 Å². The average molecular weight is 583 g/mol. The Morgan fingerprint density at radius 2 is 1.71 bits per heavy atom. The molecule has 224 valence electrons. The van der Waals surface area contributed by atoms with Crippen LogP contribution < -0.4 is 9.80 Å². The Morgan fingerprint density at radius 1 is 1.07 bits per heavy atom. The van der Waals surface area contributed by atoms with Gasteiger partial charge in [-0.15, -0.1) is 24.9 Å². The van der Waals surface area contributed by atoms with E-state index in [1.165, 1.54) is 0 Å². The third-order valence-corrected chi connectivity index (χ3v) is 11.2. The monoisotopic (exact) mass is 582 g/mol. The molecule has 3 fully saturated rings. The van der Waals surface area contributed by atoms with Gasteiger partial charge < -0.3 is 24.7 Å². The molecule has 0 saturated carbocycles. The molecule has 0 aliphatic carbocycles. The number of rotatable bonds is 14. The molecule has 3 aliphatic rings. The number of carbonyl (C=O) groups excluding carboxylic acids is 3. The fourth-order valence-electron chi connectivity index (χ4n) is 7.39. The van der Waals surface area contributed by atoms with Gasteiger partial charge in [-0.25, -0.2) is 0 Å². The molecular formula is C32H46N4O4S. The van der Waals surface area contributed by atoms with Crippen LogP contribution >= 0.6 is 11.8 Å². The van der Waals surface area contributed by atoms with E-state index < -0.39 is 22.6 Å². The lowest BCUT2D eigenvalue weighted by Crippen LogP contribution is -2.58. The van der Waals surface area contributed by atoms with Crippen LogP contribution in [-0.4, -0.2) is 94.5 Å². The molecule has 0 aromatic heterocycles. The van der Waals surface area contributed by atoms with Crippen molar-refractivity contribution in [3.05, 3.63) is 49.6 Å². The van der Waals surface area contributed by atoms with Gasteiger partial charge in [0.2, 0.25) is 11.8 Å². The van der Waals surface area contributed by atoms with Crippen molar-refractivity contribution in [1.29, 1.82) is 0 Å². The molecule has 3 unspecified atom stereocenters. The van der Waals surface area contributed by atoms with Crippen LogP contribution in [0.25, 0.3) is 0 Å². The van der Waals surface area contributed by atoms with E-state index in [4.69, 9.17) is 0 Å². The number of hydrogen-bond acceptors (Lipinski definition) is 6. The second kappa shape index (κ2) is 13.0. The van der Waals surface area contributed by atoms with Crippen molar-refractivity contribution in [3.63, 3.8) is 0 Å². The summed E-state index contributed by atoms with van der Waals surface area (Å²) in [5.41, 5.74) is 1.82. The zero-order chi connectivity index (χ0) is 29.9. The first-order valence-electron chi connectivity index (χ1n) is 15.0. The number of hydrogen-bond donors (Lipinski definition) is 1. The van der Waals surface area contributed by atoms with Gasteiger partial charge in [0, 0.05) is 55.9 Å². The number of nitrogens with zero attached hydrogens (tertiary/aromatic N) is 4. The van der Waals surface area contributed by atoms with E-state index >= 15 is 0 Å². The van der Waals surface area contributed by atoms with Crippen LogP contribution in [0.2, 0.25) is 0 Å². The summed E-state index contributed by atoms with van der Waals surface area (Å²) in [6, 6.07) is 7.16. The molecule has 41 heavy (non-hydrogen) atoms. The van der Waals surface area contributed by atoms with E-state index in [0.29, 0.717) is 13.1 Å². The van der Waals surface area contributed by atoms with Crippen molar-refractivity contribution in [2.24, 2.45) is 17.8 Å². The summed E-state index contributed by atoms with van der Waals surface area (Å²) in [5, 5.41) is 9.97. The van der Waals surface area contributed by atoms with Crippen molar-refractivity contribution in [3.8, 4) is 0 Å². The molecule has 2 bridgehead atoms. The van der Waals surface area contributed by atoms with Crippen LogP contribution in [0.5, 0.6) is 0 Å². The number of aliphatic hydroxyl groups is 1. The maximum Gasteiger partial charge on any atom is 0.251 e. The summed E-state index contributed by atoms with van der Waals surface area (Å²) in [5.74, 6) is -1.44. The van der Waals surface area contributed by atoms with Crippen LogP contribution in [0.3, 0.4) is 0 Å². The molecule has 8 nitrogen and oxygen atoms in total. The van der Waals surface area contributed by atoms with Gasteiger partial charge in [-0.05, 0) is 56.9 Å². The minimum atomic E-state index is -0.781. The number of aliphatic hydroxyl groups excluding tert-OH is 1. The normalized spacial score (nSPS) is 28.0. The van der Waals surface area contributed by atoms with Gasteiger partial charge in [-0.1, -0.05) is 26.0 Å². The summed E-state index contributed by atoms with van der Waals surface area (Å²) in [4.78, 5) is 50.1. The maximum atomic E-state index is 14.7. The van der Waals surface area contributed by atoms with E-state index in [1.54, 1.807) is 38.6 Å². The Morgan fingerprint density at radius 3 is 2.27 bits per heavy atom. The fourth-order valence-corrected chi connectivity index (χ4v) is 9.80. The minimum absolute atomic E-state index is 0.0246. The average Bonchev–Trinajstić information content (AvgIpc) is 3.56. The largest absolute Gasteiger partial charge is 0.395 e. The van der Waals surface area contributed by atoms with E-state index in [-0.39, 0.29) is 48.6 Å². The van der Waals surface area contributed by atoms with E-state index in [2.05, 4.69) is 38.8 Å². The van der Waals surface area contributed by atoms with Crippen molar-refractivity contribution in [2.45, 2.75) is 56.6 Å². The molecule has 3 saturated heterocycles. The number of anilines is 2. The number of carbonyl (C=O) groups is 3. The smallest absolute Gasteiger partial charge is 0.251 e. The van der Waals surface area contributed by atoms with E-state index in [9.17, 15) is 19.5 Å². The summed E-state index contributed by atoms with van der Waals surface area (Å²) in [7, 11) is 0. The molecule has 0 radical (unpaired) electrons. The molecule has 4 rings (SSSR count). The van der Waals surface area contributed by atoms with Gasteiger partial charge in [0.05, 0.1) is 23.2 Å². The zero-order valence-electron chi connectivity index (χ0n) is 25.0. The molecule has 3 amide bonds. The van der Waals surface area contributed by atoms with Crippen molar-refractivity contribution in [1.82, 2.24) is 9.80 Å². The lowest BCUT2D eigenvalue weighted by molar-refractivity contribution is -0.144. The maximum absolute atomic E-state index is 14.7. The van der Waals surface area contributed by atoms with Gasteiger partial charge in [-0.2, -0.15) is 0 Å². The fraction of sp³-hybridized carbons (Fsp3) is 0.594. The number of likely N-dealkylation sites (tertiary alicyclic amines) is 1. The highest BCUT2D eigenvalue weighted by atomic mass is 32.2. The SMILES string of the molecule is C=CCN(CCC)C(=O)[C@@H]1[C@H]2C(=O)N(CCO)C(C(=O)N(CC=C)c3ccc(N(CC)CC)cc3)C23S[C@@H]1CC3C. The molecule has 1 spiro atoms. The highest BCUT2D eigenvalue weighted by molar-refractivity contribution is 8.02. The Balaban J connectivity index is 1.75. The van der Waals surface area contributed by atoms with Crippen LogP contribution in [0, 0.1) is 17.8 Å². The standard InChI is InChI=1S/C32H46N4O4S/c1-7-16-34(17-8-2)29(38)26-25-21-22(6)32(41-25)27(26)30(39)36(19-20-37)28(32)31(40)35(18-9-3)24-14-12-23(13-15-24)33(10-4)11-5/h7,9,12-15,22,25-28,37H,1,3,8,10-11,16-21H2,2,4-6H3/t22?,25-,26+,27+,28?,32?/m1/s1. The lowest BCUT2D eigenvalue weighted by Gasteiger charge is -2.41. The second-order valence-electron chi connectivity index (χ2n) is 11.3. The molecule has 1 N–H and O–H groups in total. The summed E-state index contributed by atoms with van der Waals surface area (Å²) in [6.45, 7) is 19.0. The highest BCUT2D eigenvalue weighted by Crippen LogP contribution is 2.68. The number of β-amino-alcohol motifs (C(OH)–C–C–N with tert-alkyl or cyclic N) is 1. The predicted molar refractivity (Wildman–Crippen MR) is 167 cm³/mol.